The van der Waals surface area contributed by atoms with Crippen LogP contribution in [0.15, 0.2) is 15.9 Å². The highest BCUT2D eigenvalue weighted by Gasteiger charge is 2.01. The molecule has 1 rings (SSSR count). The summed E-state index contributed by atoms with van der Waals surface area (Å²) in [4.78, 5) is 10.2. The van der Waals surface area contributed by atoms with E-state index >= 15 is 0 Å². The third-order valence-electron chi connectivity index (χ3n) is 0.729. The molecule has 1 heterocycles. The van der Waals surface area contributed by atoms with Crippen molar-refractivity contribution in [3.63, 3.8) is 0 Å². The Hall–Kier alpha value is -0.0600. The summed E-state index contributed by atoms with van der Waals surface area (Å²) in [6.07, 6.45) is 0. The minimum absolute atomic E-state index is 0.492. The summed E-state index contributed by atoms with van der Waals surface area (Å²) in [7, 11) is 0. The largest absolute Gasteiger partial charge is 0.409 e. The van der Waals surface area contributed by atoms with Crippen LogP contribution in [-0.2, 0) is 0 Å². The van der Waals surface area contributed by atoms with Gasteiger partial charge in [0, 0.05) is 11.6 Å². The van der Waals surface area contributed by atoms with Gasteiger partial charge < -0.3 is 4.74 Å². The zero-order chi connectivity index (χ0) is 7.56. The SMILES string of the molecule is O=C(Cl)Oc1ccc(Br)s1. The predicted octanol–water partition coefficient (Wildman–Crippen LogP) is 3.25. The number of ether oxygens (including phenoxy) is 1. The van der Waals surface area contributed by atoms with Crippen LogP contribution in [0.25, 0.3) is 0 Å². The lowest BCUT2D eigenvalue weighted by atomic mass is 10.7. The zero-order valence-corrected chi connectivity index (χ0v) is 7.79. The number of halogens is 2. The van der Waals surface area contributed by atoms with E-state index in [0.29, 0.717) is 5.06 Å². The lowest BCUT2D eigenvalue weighted by Gasteiger charge is -1.89. The molecule has 0 aliphatic heterocycles. The highest BCUT2D eigenvalue weighted by molar-refractivity contribution is 9.11. The predicted molar refractivity (Wildman–Crippen MR) is 43.9 cm³/mol. The molecule has 0 amide bonds. The van der Waals surface area contributed by atoms with Gasteiger partial charge in [0.25, 0.3) is 0 Å². The van der Waals surface area contributed by atoms with Crippen molar-refractivity contribution in [1.29, 1.82) is 0 Å². The number of thiophene rings is 1. The van der Waals surface area contributed by atoms with Gasteiger partial charge in [0.1, 0.15) is 0 Å². The molecule has 0 saturated carbocycles. The van der Waals surface area contributed by atoms with Gasteiger partial charge in [-0.05, 0) is 28.1 Å². The highest BCUT2D eigenvalue weighted by atomic mass is 79.9. The average Bonchev–Trinajstić information content (AvgIpc) is 2.13. The summed E-state index contributed by atoms with van der Waals surface area (Å²) in [5, 5.41) is 0.492. The maximum atomic E-state index is 10.2. The molecule has 1 aromatic heterocycles. The molecule has 0 fully saturated rings. The van der Waals surface area contributed by atoms with Crippen LogP contribution in [-0.4, -0.2) is 5.43 Å². The third kappa shape index (κ3) is 2.28. The lowest BCUT2D eigenvalue weighted by molar-refractivity contribution is 0.227. The first-order valence-corrected chi connectivity index (χ1v) is 4.30. The second-order valence-electron chi connectivity index (χ2n) is 1.40. The van der Waals surface area contributed by atoms with Gasteiger partial charge in [-0.1, -0.05) is 11.3 Å². The maximum Gasteiger partial charge on any atom is 0.409 e. The molecule has 0 atom stereocenters. The molecule has 54 valence electrons. The molecule has 0 N–H and O–H groups in total. The van der Waals surface area contributed by atoms with Gasteiger partial charge in [0.15, 0.2) is 5.06 Å². The van der Waals surface area contributed by atoms with Crippen LogP contribution < -0.4 is 4.74 Å². The first kappa shape index (κ1) is 8.04. The summed E-state index contributed by atoms with van der Waals surface area (Å²) in [6.45, 7) is 0. The Morgan fingerprint density at radius 2 is 2.40 bits per heavy atom. The summed E-state index contributed by atoms with van der Waals surface area (Å²) < 4.78 is 5.45. The van der Waals surface area contributed by atoms with Gasteiger partial charge in [0.05, 0.1) is 3.79 Å². The molecular weight excluding hydrogens is 239 g/mol. The van der Waals surface area contributed by atoms with Crippen LogP contribution in [0.3, 0.4) is 0 Å². The van der Waals surface area contributed by atoms with E-state index in [4.69, 9.17) is 11.6 Å². The van der Waals surface area contributed by atoms with Gasteiger partial charge in [-0.2, -0.15) is 0 Å². The summed E-state index contributed by atoms with van der Waals surface area (Å²) in [6, 6.07) is 3.44. The molecule has 0 radical (unpaired) electrons. The van der Waals surface area contributed by atoms with Crippen molar-refractivity contribution in [2.45, 2.75) is 0 Å². The van der Waals surface area contributed by atoms with Gasteiger partial charge in [-0.3, -0.25) is 0 Å². The van der Waals surface area contributed by atoms with Gasteiger partial charge in [-0.25, -0.2) is 4.79 Å². The number of hydrogen-bond acceptors (Lipinski definition) is 3. The van der Waals surface area contributed by atoms with Gasteiger partial charge >= 0.3 is 5.43 Å². The number of carbonyl (C=O) groups is 1. The Morgan fingerprint density at radius 1 is 1.70 bits per heavy atom. The molecule has 0 unspecified atom stereocenters. The first-order chi connectivity index (χ1) is 4.68. The molecule has 5 heteroatoms. The topological polar surface area (TPSA) is 26.3 Å². The molecule has 10 heavy (non-hydrogen) atoms. The van der Waals surface area contributed by atoms with Crippen LogP contribution in [0.5, 0.6) is 5.06 Å². The highest BCUT2D eigenvalue weighted by Crippen LogP contribution is 2.28. The lowest BCUT2D eigenvalue weighted by Crippen LogP contribution is -1.92. The number of carbonyl (C=O) groups excluding carboxylic acids is 1. The number of hydrogen-bond donors (Lipinski definition) is 0. The van der Waals surface area contributed by atoms with Crippen molar-refractivity contribution < 1.29 is 9.53 Å². The van der Waals surface area contributed by atoms with E-state index in [2.05, 4.69) is 20.7 Å². The summed E-state index contributed by atoms with van der Waals surface area (Å²) >= 11 is 9.46. The van der Waals surface area contributed by atoms with Gasteiger partial charge in [-0.15, -0.1) is 0 Å². The zero-order valence-electron chi connectivity index (χ0n) is 4.64. The Kier molecular flexibility index (Phi) is 2.71. The molecular formula is C5H2BrClO2S. The van der Waals surface area contributed by atoms with E-state index < -0.39 is 5.43 Å². The molecule has 0 aliphatic rings. The van der Waals surface area contributed by atoms with E-state index in [1.165, 1.54) is 11.3 Å². The van der Waals surface area contributed by atoms with Crippen molar-refractivity contribution in [3.05, 3.63) is 15.9 Å². The molecule has 0 spiro atoms. The summed E-state index contributed by atoms with van der Waals surface area (Å²) in [5.74, 6) is 0. The van der Waals surface area contributed by atoms with Crippen LogP contribution in [0, 0.1) is 0 Å². The average molecular weight is 241 g/mol. The van der Waals surface area contributed by atoms with E-state index in [0.717, 1.165) is 3.79 Å². The fourth-order valence-corrected chi connectivity index (χ4v) is 1.75. The van der Waals surface area contributed by atoms with E-state index in [9.17, 15) is 4.79 Å². The van der Waals surface area contributed by atoms with Crippen LogP contribution in [0.4, 0.5) is 4.79 Å². The first-order valence-electron chi connectivity index (χ1n) is 2.31. The molecule has 2 nitrogen and oxygen atoms in total. The quantitative estimate of drug-likeness (QED) is 0.706. The third-order valence-corrected chi connectivity index (χ3v) is 2.31. The monoisotopic (exact) mass is 240 g/mol. The molecule has 0 bridgehead atoms. The van der Waals surface area contributed by atoms with E-state index in [-0.39, 0.29) is 0 Å². The summed E-state index contributed by atoms with van der Waals surface area (Å²) in [5.41, 5.74) is -0.811. The van der Waals surface area contributed by atoms with Crippen molar-refractivity contribution in [2.24, 2.45) is 0 Å². The minimum atomic E-state index is -0.811. The smallest absolute Gasteiger partial charge is 0.403 e. The fraction of sp³-hybridized carbons (Fsp3) is 0. The van der Waals surface area contributed by atoms with Gasteiger partial charge in [0.2, 0.25) is 0 Å². The molecule has 0 aliphatic carbocycles. The number of rotatable bonds is 1. The Balaban J connectivity index is 2.67. The standard InChI is InChI=1S/C5H2BrClO2S/c6-3-1-2-4(10-3)9-5(7)8/h1-2H. The van der Waals surface area contributed by atoms with Crippen molar-refractivity contribution in [1.82, 2.24) is 0 Å². The van der Waals surface area contributed by atoms with Crippen LogP contribution >= 0.6 is 38.9 Å². The van der Waals surface area contributed by atoms with E-state index in [1.807, 2.05) is 0 Å². The Labute approximate surface area is 74.9 Å². The normalized spacial score (nSPS) is 9.40. The molecule has 0 aromatic carbocycles. The minimum Gasteiger partial charge on any atom is -0.403 e. The Morgan fingerprint density at radius 3 is 2.80 bits per heavy atom. The molecule has 1 aromatic rings. The fourth-order valence-electron chi connectivity index (χ4n) is 0.432. The maximum absolute atomic E-state index is 10.2. The molecule has 0 saturated heterocycles. The van der Waals surface area contributed by atoms with Crippen LogP contribution in [0.1, 0.15) is 0 Å². The van der Waals surface area contributed by atoms with E-state index in [1.54, 1.807) is 12.1 Å². The second kappa shape index (κ2) is 3.37. The van der Waals surface area contributed by atoms with Crippen LogP contribution in [0.2, 0.25) is 0 Å². The second-order valence-corrected chi connectivity index (χ2v) is 4.13. The Bertz CT molecular complexity index is 248. The van der Waals surface area contributed by atoms with Crippen molar-refractivity contribution >= 4 is 44.3 Å². The van der Waals surface area contributed by atoms with Crippen molar-refractivity contribution in [2.75, 3.05) is 0 Å². The van der Waals surface area contributed by atoms with Crippen molar-refractivity contribution in [3.8, 4) is 5.06 Å².